The van der Waals surface area contributed by atoms with E-state index in [9.17, 15) is 8.42 Å². The lowest BCUT2D eigenvalue weighted by atomic mass is 10.2. The average molecular weight is 293 g/mol. The fourth-order valence-corrected chi connectivity index (χ4v) is 2.34. The van der Waals surface area contributed by atoms with Crippen LogP contribution in [0, 0.1) is 0 Å². The van der Waals surface area contributed by atoms with Crippen molar-refractivity contribution in [1.82, 2.24) is 4.98 Å². The van der Waals surface area contributed by atoms with Gasteiger partial charge in [-0.05, 0) is 29.8 Å². The third kappa shape index (κ3) is 3.46. The molecule has 0 radical (unpaired) electrons. The van der Waals surface area contributed by atoms with Crippen molar-refractivity contribution in [2.45, 2.75) is 11.4 Å². The van der Waals surface area contributed by atoms with Crippen molar-refractivity contribution in [2.75, 3.05) is 12.4 Å². The fourth-order valence-electron chi connectivity index (χ4n) is 1.68. The summed E-state index contributed by atoms with van der Waals surface area (Å²) in [6.45, 7) is 0.434. The molecule has 1 aromatic carbocycles. The molecule has 2 aromatic rings. The van der Waals surface area contributed by atoms with Crippen LogP contribution in [0.5, 0.6) is 5.75 Å². The lowest BCUT2D eigenvalue weighted by Gasteiger charge is -2.09. The predicted octanol–water partition coefficient (Wildman–Crippen LogP) is 1.35. The van der Waals surface area contributed by atoms with E-state index in [4.69, 9.17) is 9.88 Å². The third-order valence-electron chi connectivity index (χ3n) is 2.70. The fraction of sp³-hybridized carbons (Fsp3) is 0.154. The van der Waals surface area contributed by atoms with Crippen LogP contribution >= 0.6 is 0 Å². The summed E-state index contributed by atoms with van der Waals surface area (Å²) in [7, 11) is -2.20. The van der Waals surface area contributed by atoms with Crippen LogP contribution in [0.3, 0.4) is 0 Å². The SMILES string of the molecule is COc1ccc(CNc2ncccc2S(N)(=O)=O)cc1. The molecule has 0 aliphatic heterocycles. The van der Waals surface area contributed by atoms with E-state index in [1.807, 2.05) is 24.3 Å². The number of ether oxygens (including phenoxy) is 1. The molecular weight excluding hydrogens is 278 g/mol. The Morgan fingerprint density at radius 2 is 1.95 bits per heavy atom. The van der Waals surface area contributed by atoms with Crippen LogP contribution in [0.15, 0.2) is 47.5 Å². The molecule has 0 atom stereocenters. The molecule has 0 saturated heterocycles. The van der Waals surface area contributed by atoms with E-state index < -0.39 is 10.0 Å². The van der Waals surface area contributed by atoms with Crippen molar-refractivity contribution >= 4 is 15.8 Å². The van der Waals surface area contributed by atoms with Gasteiger partial charge in [0.1, 0.15) is 16.5 Å². The van der Waals surface area contributed by atoms with Crippen LogP contribution < -0.4 is 15.2 Å². The number of aromatic nitrogens is 1. The van der Waals surface area contributed by atoms with E-state index in [0.29, 0.717) is 6.54 Å². The van der Waals surface area contributed by atoms with Gasteiger partial charge in [0.05, 0.1) is 7.11 Å². The molecule has 0 bridgehead atoms. The number of nitrogens with zero attached hydrogens (tertiary/aromatic N) is 1. The van der Waals surface area contributed by atoms with Crippen molar-refractivity contribution in [1.29, 1.82) is 0 Å². The van der Waals surface area contributed by atoms with Gasteiger partial charge in [-0.1, -0.05) is 12.1 Å². The summed E-state index contributed by atoms with van der Waals surface area (Å²) in [6.07, 6.45) is 1.50. The number of nitrogens with one attached hydrogen (secondary N) is 1. The number of sulfonamides is 1. The van der Waals surface area contributed by atoms with Crippen molar-refractivity contribution in [3.63, 3.8) is 0 Å². The number of anilines is 1. The van der Waals surface area contributed by atoms with E-state index in [0.717, 1.165) is 11.3 Å². The Kier molecular flexibility index (Phi) is 4.21. The van der Waals surface area contributed by atoms with Gasteiger partial charge in [-0.3, -0.25) is 0 Å². The number of rotatable bonds is 5. The molecule has 1 aromatic heterocycles. The molecule has 3 N–H and O–H groups in total. The number of primary sulfonamides is 1. The number of pyridine rings is 1. The summed E-state index contributed by atoms with van der Waals surface area (Å²) < 4.78 is 27.9. The number of nitrogens with two attached hydrogens (primary N) is 1. The molecule has 0 amide bonds. The lowest BCUT2D eigenvalue weighted by Crippen LogP contribution is -2.15. The molecule has 106 valence electrons. The zero-order chi connectivity index (χ0) is 14.6. The van der Waals surface area contributed by atoms with Gasteiger partial charge in [0, 0.05) is 12.7 Å². The van der Waals surface area contributed by atoms with Crippen LogP contribution in [0.2, 0.25) is 0 Å². The topological polar surface area (TPSA) is 94.3 Å². The average Bonchev–Trinajstić information content (AvgIpc) is 2.45. The van der Waals surface area contributed by atoms with Crippen LogP contribution in [-0.4, -0.2) is 20.5 Å². The Hall–Kier alpha value is -2.12. The second-order valence-corrected chi connectivity index (χ2v) is 5.63. The minimum absolute atomic E-state index is 0.0199. The zero-order valence-corrected chi connectivity index (χ0v) is 11.7. The Bertz CT molecular complexity index is 684. The molecule has 0 fully saturated rings. The Morgan fingerprint density at radius 3 is 2.55 bits per heavy atom. The van der Waals surface area contributed by atoms with Gasteiger partial charge >= 0.3 is 0 Å². The molecule has 2 rings (SSSR count). The summed E-state index contributed by atoms with van der Waals surface area (Å²) in [5, 5.41) is 8.10. The smallest absolute Gasteiger partial charge is 0.241 e. The van der Waals surface area contributed by atoms with Crippen LogP contribution in [0.25, 0.3) is 0 Å². The molecule has 0 aliphatic rings. The minimum atomic E-state index is -3.79. The number of benzene rings is 1. The van der Waals surface area contributed by atoms with Crippen LogP contribution in [0.1, 0.15) is 5.56 Å². The van der Waals surface area contributed by atoms with E-state index >= 15 is 0 Å². The first kappa shape index (κ1) is 14.3. The molecule has 0 aliphatic carbocycles. The Morgan fingerprint density at radius 1 is 1.25 bits per heavy atom. The van der Waals surface area contributed by atoms with E-state index in [2.05, 4.69) is 10.3 Å². The van der Waals surface area contributed by atoms with E-state index in [1.165, 1.54) is 18.3 Å². The van der Waals surface area contributed by atoms with Crippen molar-refractivity contribution < 1.29 is 13.2 Å². The monoisotopic (exact) mass is 293 g/mol. The summed E-state index contributed by atoms with van der Waals surface area (Å²) in [5.41, 5.74) is 0.969. The first-order valence-corrected chi connectivity index (χ1v) is 7.40. The third-order valence-corrected chi connectivity index (χ3v) is 3.64. The van der Waals surface area contributed by atoms with Gasteiger partial charge in [0.2, 0.25) is 10.0 Å². The van der Waals surface area contributed by atoms with Gasteiger partial charge in [0.15, 0.2) is 0 Å². The van der Waals surface area contributed by atoms with E-state index in [-0.39, 0.29) is 10.7 Å². The molecule has 0 saturated carbocycles. The van der Waals surface area contributed by atoms with Gasteiger partial charge in [-0.2, -0.15) is 0 Å². The summed E-state index contributed by atoms with van der Waals surface area (Å²) in [6, 6.07) is 10.4. The largest absolute Gasteiger partial charge is 0.497 e. The zero-order valence-electron chi connectivity index (χ0n) is 10.9. The van der Waals surface area contributed by atoms with E-state index in [1.54, 1.807) is 7.11 Å². The number of hydrogen-bond donors (Lipinski definition) is 2. The minimum Gasteiger partial charge on any atom is -0.497 e. The maximum Gasteiger partial charge on any atom is 0.241 e. The second-order valence-electron chi connectivity index (χ2n) is 4.10. The molecular formula is C13H15N3O3S. The van der Waals surface area contributed by atoms with Crippen molar-refractivity contribution in [3.05, 3.63) is 48.2 Å². The summed E-state index contributed by atoms with van der Waals surface area (Å²) in [4.78, 5) is 3.98. The second kappa shape index (κ2) is 5.89. The van der Waals surface area contributed by atoms with Crippen LogP contribution in [0.4, 0.5) is 5.82 Å². The molecule has 0 unspecified atom stereocenters. The van der Waals surface area contributed by atoms with Gasteiger partial charge in [-0.25, -0.2) is 18.5 Å². The maximum atomic E-state index is 11.4. The van der Waals surface area contributed by atoms with Crippen molar-refractivity contribution in [2.24, 2.45) is 5.14 Å². The molecule has 20 heavy (non-hydrogen) atoms. The predicted molar refractivity (Wildman–Crippen MR) is 75.9 cm³/mol. The highest BCUT2D eigenvalue weighted by molar-refractivity contribution is 7.89. The number of methoxy groups -OCH3 is 1. The number of hydrogen-bond acceptors (Lipinski definition) is 5. The first-order valence-electron chi connectivity index (χ1n) is 5.85. The quantitative estimate of drug-likeness (QED) is 0.867. The highest BCUT2D eigenvalue weighted by atomic mass is 32.2. The normalized spacial score (nSPS) is 11.1. The van der Waals surface area contributed by atoms with Gasteiger partial charge in [0.25, 0.3) is 0 Å². The first-order chi connectivity index (χ1) is 9.50. The lowest BCUT2D eigenvalue weighted by molar-refractivity contribution is 0.414. The molecule has 7 heteroatoms. The standard InChI is InChI=1S/C13H15N3O3S/c1-19-11-6-4-10(5-7-11)9-16-13-12(20(14,17)18)3-2-8-15-13/h2-8H,9H2,1H3,(H,15,16)(H2,14,17,18). The maximum absolute atomic E-state index is 11.4. The highest BCUT2D eigenvalue weighted by Gasteiger charge is 2.14. The Labute approximate surface area is 117 Å². The Balaban J connectivity index is 2.15. The molecule has 6 nitrogen and oxygen atoms in total. The summed E-state index contributed by atoms with van der Waals surface area (Å²) >= 11 is 0. The highest BCUT2D eigenvalue weighted by Crippen LogP contribution is 2.18. The van der Waals surface area contributed by atoms with Gasteiger partial charge in [-0.15, -0.1) is 0 Å². The molecule has 1 heterocycles. The van der Waals surface area contributed by atoms with Crippen LogP contribution in [-0.2, 0) is 16.6 Å². The molecule has 0 spiro atoms. The summed E-state index contributed by atoms with van der Waals surface area (Å²) in [5.74, 6) is 1.00. The van der Waals surface area contributed by atoms with Crippen molar-refractivity contribution in [3.8, 4) is 5.75 Å². The van der Waals surface area contributed by atoms with Gasteiger partial charge < -0.3 is 10.1 Å².